The first-order chi connectivity index (χ1) is 11.7. The molecule has 0 spiro atoms. The van der Waals surface area contributed by atoms with Crippen molar-refractivity contribution in [1.82, 2.24) is 9.80 Å². The van der Waals surface area contributed by atoms with Crippen LogP contribution in [0.15, 0.2) is 54.8 Å². The number of rotatable bonds is 0. The van der Waals surface area contributed by atoms with E-state index >= 15 is 0 Å². The van der Waals surface area contributed by atoms with Crippen LogP contribution in [0.3, 0.4) is 0 Å². The molecular weight excluding hydrogens is 316 g/mol. The van der Waals surface area contributed by atoms with Crippen LogP contribution in [-0.2, 0) is 0 Å². The third-order valence-corrected chi connectivity index (χ3v) is 3.56. The Bertz CT molecular complexity index is 727. The van der Waals surface area contributed by atoms with E-state index in [4.69, 9.17) is 0 Å². The molecule has 2 heterocycles. The minimum atomic E-state index is 0.385. The summed E-state index contributed by atoms with van der Waals surface area (Å²) < 4.78 is 0. The lowest BCUT2D eigenvalue weighted by Crippen LogP contribution is -2.43. The van der Waals surface area contributed by atoms with Gasteiger partial charge in [-0.2, -0.15) is 0 Å². The number of hydrogen-bond acceptors (Lipinski definition) is 8. The van der Waals surface area contributed by atoms with Gasteiger partial charge in [0.05, 0.1) is 0 Å². The van der Waals surface area contributed by atoms with Gasteiger partial charge in [0.2, 0.25) is 0 Å². The number of hydrogen-bond donors (Lipinski definition) is 0. The zero-order valence-electron chi connectivity index (χ0n) is 15.7. The molecule has 0 aromatic carbocycles. The number of aliphatic imine (C=N–C) groups is 6. The van der Waals surface area contributed by atoms with Crippen LogP contribution in [0.5, 0.6) is 0 Å². The molecule has 0 aromatic rings. The van der Waals surface area contributed by atoms with Crippen molar-refractivity contribution in [3.05, 3.63) is 24.8 Å². The molecule has 2 rings (SSSR count). The zero-order valence-corrected chi connectivity index (χ0v) is 15.7. The monoisotopic (exact) mass is 340 g/mol. The molecule has 0 aliphatic carbocycles. The van der Waals surface area contributed by atoms with E-state index in [2.05, 4.69) is 43.1 Å². The fraction of sp³-hybridized carbons (Fsp3) is 0.412. The summed E-state index contributed by atoms with van der Waals surface area (Å²) in [6, 6.07) is 0. The summed E-state index contributed by atoms with van der Waals surface area (Å²) in [5.74, 6) is 4.84. The smallest absolute Gasteiger partial charge is 0.130 e. The van der Waals surface area contributed by atoms with E-state index in [0.29, 0.717) is 41.7 Å². The predicted octanol–water partition coefficient (Wildman–Crippen LogP) is 3.03. The van der Waals surface area contributed by atoms with Gasteiger partial charge in [0.25, 0.3) is 0 Å². The van der Waals surface area contributed by atoms with Crippen molar-refractivity contribution < 1.29 is 0 Å². The molecule has 8 heteroatoms. The summed E-state index contributed by atoms with van der Waals surface area (Å²) in [5.41, 5.74) is 0. The number of amidine groups is 6. The average molecular weight is 340 g/mol. The Morgan fingerprint density at radius 1 is 0.560 bits per heavy atom. The minimum Gasteiger partial charge on any atom is -0.299 e. The van der Waals surface area contributed by atoms with Gasteiger partial charge in [-0.25, -0.2) is 30.0 Å². The van der Waals surface area contributed by atoms with E-state index in [1.807, 2.05) is 32.6 Å². The van der Waals surface area contributed by atoms with Gasteiger partial charge in [0, 0.05) is 0 Å². The fourth-order valence-corrected chi connectivity index (χ4v) is 2.54. The second-order valence-corrected chi connectivity index (χ2v) is 5.78. The Hall–Kier alpha value is -2.90. The van der Waals surface area contributed by atoms with Gasteiger partial charge in [-0.05, 0) is 41.5 Å². The van der Waals surface area contributed by atoms with Crippen LogP contribution >= 0.6 is 0 Å². The van der Waals surface area contributed by atoms with Crippen molar-refractivity contribution >= 4 is 35.0 Å². The maximum atomic E-state index is 4.55. The molecule has 0 radical (unpaired) electrons. The maximum absolute atomic E-state index is 4.55. The van der Waals surface area contributed by atoms with Gasteiger partial charge in [0.15, 0.2) is 0 Å². The van der Waals surface area contributed by atoms with Crippen LogP contribution in [0.2, 0.25) is 0 Å². The first-order valence-corrected chi connectivity index (χ1v) is 7.92. The third-order valence-electron chi connectivity index (χ3n) is 3.56. The molecule has 0 fully saturated rings. The second-order valence-electron chi connectivity index (χ2n) is 5.78. The molecule has 132 valence electrons. The van der Waals surface area contributed by atoms with Crippen LogP contribution in [0, 0.1) is 0 Å². The van der Waals surface area contributed by atoms with Crippen LogP contribution in [-0.4, -0.2) is 51.5 Å². The molecule has 2 aliphatic heterocycles. The molecule has 25 heavy (non-hydrogen) atoms. The molecule has 0 saturated carbocycles. The van der Waals surface area contributed by atoms with Crippen molar-refractivity contribution in [3.63, 3.8) is 0 Å². The highest BCUT2D eigenvalue weighted by Gasteiger charge is 2.21. The second kappa shape index (κ2) is 7.33. The Kier molecular flexibility index (Phi) is 5.41. The summed E-state index contributed by atoms with van der Waals surface area (Å²) in [6.45, 7) is 19.6. The van der Waals surface area contributed by atoms with Crippen LogP contribution < -0.4 is 0 Å². The van der Waals surface area contributed by atoms with E-state index in [1.165, 1.54) is 0 Å². The first-order valence-electron chi connectivity index (χ1n) is 7.92. The maximum Gasteiger partial charge on any atom is 0.130 e. The Labute approximate surface area is 148 Å². The van der Waals surface area contributed by atoms with Gasteiger partial charge in [-0.3, -0.25) is 9.80 Å². The summed E-state index contributed by atoms with van der Waals surface area (Å²) in [7, 11) is 0. The highest BCUT2D eigenvalue weighted by molar-refractivity contribution is 6.09. The molecule has 8 nitrogen and oxygen atoms in total. The summed E-state index contributed by atoms with van der Waals surface area (Å²) in [4.78, 5) is 30.4. The van der Waals surface area contributed by atoms with Gasteiger partial charge in [-0.15, -0.1) is 0 Å². The van der Waals surface area contributed by atoms with Gasteiger partial charge in [-0.1, -0.05) is 13.2 Å². The average Bonchev–Trinajstić information content (AvgIpc) is 2.44. The van der Waals surface area contributed by atoms with E-state index in [1.54, 1.807) is 18.7 Å². The van der Waals surface area contributed by atoms with Gasteiger partial charge < -0.3 is 0 Å². The molecule has 2 aliphatic rings. The van der Waals surface area contributed by atoms with Crippen molar-refractivity contribution in [2.45, 2.75) is 41.5 Å². The van der Waals surface area contributed by atoms with Crippen LogP contribution in [0.25, 0.3) is 0 Å². The lowest BCUT2D eigenvalue weighted by Gasteiger charge is -2.33. The number of nitrogens with zero attached hydrogens (tertiary/aromatic N) is 8. The molecule has 0 saturated heterocycles. The first kappa shape index (κ1) is 18.4. The molecule has 0 amide bonds. The molecule has 0 unspecified atom stereocenters. The van der Waals surface area contributed by atoms with Crippen molar-refractivity contribution in [3.8, 4) is 0 Å². The molecule has 2 bridgehead atoms. The summed E-state index contributed by atoms with van der Waals surface area (Å²) in [5, 5.41) is 0. The normalized spacial score (nSPS) is 20.1. The van der Waals surface area contributed by atoms with Crippen molar-refractivity contribution in [1.29, 1.82) is 0 Å². The third kappa shape index (κ3) is 4.56. The largest absolute Gasteiger partial charge is 0.299 e. The van der Waals surface area contributed by atoms with E-state index in [0.717, 1.165) is 11.7 Å². The van der Waals surface area contributed by atoms with Gasteiger partial charge >= 0.3 is 0 Å². The van der Waals surface area contributed by atoms with E-state index in [9.17, 15) is 0 Å². The molecule has 0 N–H and O–H groups in total. The minimum absolute atomic E-state index is 0.385. The summed E-state index contributed by atoms with van der Waals surface area (Å²) >= 11 is 0. The Morgan fingerprint density at radius 2 is 0.920 bits per heavy atom. The number of fused-ring (bicyclic) bond motifs is 2. The van der Waals surface area contributed by atoms with E-state index < -0.39 is 0 Å². The molecular formula is C17H24N8. The molecule has 0 atom stereocenters. The highest BCUT2D eigenvalue weighted by Crippen LogP contribution is 2.17. The topological polar surface area (TPSA) is 80.6 Å². The van der Waals surface area contributed by atoms with Crippen molar-refractivity contribution in [2.75, 3.05) is 6.67 Å². The predicted molar refractivity (Wildman–Crippen MR) is 105 cm³/mol. The van der Waals surface area contributed by atoms with E-state index in [-0.39, 0.29) is 0 Å². The van der Waals surface area contributed by atoms with Gasteiger partial charge in [0.1, 0.15) is 53.3 Å². The lowest BCUT2D eigenvalue weighted by atomic mass is 10.4. The Morgan fingerprint density at radius 3 is 1.32 bits per heavy atom. The SMILES string of the molecule is C=C1N=C(C)N=C(C)N=C(C)N2CN1C(=C)N=C(C)N=C(C)N=C2C. The molecule has 0 aromatic heterocycles. The van der Waals surface area contributed by atoms with Crippen LogP contribution in [0.4, 0.5) is 0 Å². The Balaban J connectivity index is 2.70. The standard InChI is InChI=1S/C17H24N8/c1-10-18-11(2)21-15(6)25-9-24(14(5)20-10)16(7)22-12(3)19-13(4)23-17(25)8/h5,7,9H2,1-4,6,8H3. The van der Waals surface area contributed by atoms with Crippen molar-refractivity contribution in [2.24, 2.45) is 30.0 Å². The fourth-order valence-electron chi connectivity index (χ4n) is 2.54. The quantitative estimate of drug-likeness (QED) is 0.679. The lowest BCUT2D eigenvalue weighted by molar-refractivity contribution is 0.336. The zero-order chi connectivity index (χ0) is 18.7. The highest BCUT2D eigenvalue weighted by atomic mass is 15.4. The van der Waals surface area contributed by atoms with Crippen LogP contribution in [0.1, 0.15) is 41.5 Å². The summed E-state index contributed by atoms with van der Waals surface area (Å²) in [6.07, 6.45) is 0.